The number of carbonyl (C=O) groups is 2. The van der Waals surface area contributed by atoms with Crippen LogP contribution in [0.4, 0.5) is 4.79 Å². The van der Waals surface area contributed by atoms with Gasteiger partial charge in [-0.15, -0.1) is 0 Å². The molecule has 4 aromatic rings. The van der Waals surface area contributed by atoms with Crippen LogP contribution in [-0.2, 0) is 22.6 Å². The van der Waals surface area contributed by atoms with Crippen molar-refractivity contribution in [3.8, 4) is 0 Å². The molecule has 172 valence electrons. The molecule has 0 radical (unpaired) electrons. The Bertz CT molecular complexity index is 1300. The zero-order valence-corrected chi connectivity index (χ0v) is 19.8. The Balaban J connectivity index is 1.45. The molecule has 0 unspecified atom stereocenters. The molecule has 2 amide bonds. The number of para-hydroxylation sites is 1. The van der Waals surface area contributed by atoms with Gasteiger partial charge in [-0.05, 0) is 34.9 Å². The van der Waals surface area contributed by atoms with Crippen molar-refractivity contribution in [2.75, 3.05) is 0 Å². The van der Waals surface area contributed by atoms with E-state index < -0.39 is 18.0 Å². The first-order valence-corrected chi connectivity index (χ1v) is 11.5. The molecule has 0 aliphatic heterocycles. The molecule has 7 nitrogen and oxygen atoms in total. The van der Waals surface area contributed by atoms with E-state index in [1.54, 1.807) is 6.21 Å². The molecule has 0 spiro atoms. The van der Waals surface area contributed by atoms with E-state index in [0.29, 0.717) is 0 Å². The van der Waals surface area contributed by atoms with Crippen LogP contribution < -0.4 is 10.7 Å². The first-order chi connectivity index (χ1) is 16.6. The molecule has 1 atom stereocenters. The summed E-state index contributed by atoms with van der Waals surface area (Å²) in [4.78, 5) is 28.6. The highest BCUT2D eigenvalue weighted by Crippen LogP contribution is 2.19. The number of aromatic amines is 1. The fraction of sp³-hybridized carbons (Fsp3) is 0.115. The molecule has 3 aromatic carbocycles. The lowest BCUT2D eigenvalue weighted by Crippen LogP contribution is -2.47. The molecule has 1 heterocycles. The molecule has 0 bridgehead atoms. The number of halogens is 1. The maximum absolute atomic E-state index is 13.0. The van der Waals surface area contributed by atoms with Crippen LogP contribution in [0.5, 0.6) is 0 Å². The highest BCUT2D eigenvalue weighted by molar-refractivity contribution is 9.10. The summed E-state index contributed by atoms with van der Waals surface area (Å²) < 4.78 is 6.23. The molecule has 0 saturated heterocycles. The van der Waals surface area contributed by atoms with Gasteiger partial charge in [0.25, 0.3) is 5.91 Å². The predicted octanol–water partition coefficient (Wildman–Crippen LogP) is 4.92. The number of alkyl carbamates (subject to hydrolysis) is 1. The summed E-state index contributed by atoms with van der Waals surface area (Å²) in [5, 5.41) is 7.71. The number of carbonyl (C=O) groups excluding carboxylic acids is 2. The highest BCUT2D eigenvalue weighted by Gasteiger charge is 2.23. The second kappa shape index (κ2) is 11.3. The molecular weight excluding hydrogens is 496 g/mol. The van der Waals surface area contributed by atoms with Gasteiger partial charge < -0.3 is 15.0 Å². The average molecular weight is 519 g/mol. The fourth-order valence-corrected chi connectivity index (χ4v) is 3.89. The van der Waals surface area contributed by atoms with Gasteiger partial charge in [-0.25, -0.2) is 10.2 Å². The smallest absolute Gasteiger partial charge is 0.408 e. The van der Waals surface area contributed by atoms with Crippen molar-refractivity contribution in [2.45, 2.75) is 19.1 Å². The van der Waals surface area contributed by atoms with E-state index in [1.807, 2.05) is 85.1 Å². The Hall–Kier alpha value is -3.91. The van der Waals surface area contributed by atoms with E-state index in [-0.39, 0.29) is 13.0 Å². The Labute approximate surface area is 205 Å². The van der Waals surface area contributed by atoms with Crippen molar-refractivity contribution in [3.05, 3.63) is 106 Å². The molecule has 0 aliphatic carbocycles. The van der Waals surface area contributed by atoms with Gasteiger partial charge in [-0.1, -0.05) is 76.6 Å². The van der Waals surface area contributed by atoms with Gasteiger partial charge in [-0.2, -0.15) is 5.10 Å². The van der Waals surface area contributed by atoms with Gasteiger partial charge >= 0.3 is 6.09 Å². The summed E-state index contributed by atoms with van der Waals surface area (Å²) in [6, 6.07) is 23.8. The molecule has 34 heavy (non-hydrogen) atoms. The van der Waals surface area contributed by atoms with Crippen LogP contribution in [0.3, 0.4) is 0 Å². The van der Waals surface area contributed by atoms with E-state index in [4.69, 9.17) is 4.74 Å². The van der Waals surface area contributed by atoms with Crippen LogP contribution in [0.15, 0.2) is 94.6 Å². The third kappa shape index (κ3) is 6.32. The maximum atomic E-state index is 13.0. The highest BCUT2D eigenvalue weighted by atomic mass is 79.9. The van der Waals surface area contributed by atoms with Gasteiger partial charge in [0, 0.05) is 28.0 Å². The van der Waals surface area contributed by atoms with Crippen molar-refractivity contribution in [2.24, 2.45) is 5.10 Å². The number of hydrazone groups is 1. The minimum Gasteiger partial charge on any atom is -0.445 e. The summed E-state index contributed by atoms with van der Waals surface area (Å²) in [6.45, 7) is 0.106. The van der Waals surface area contributed by atoms with Gasteiger partial charge in [0.05, 0.1) is 6.21 Å². The lowest BCUT2D eigenvalue weighted by atomic mass is 10.0. The number of ether oxygens (including phenoxy) is 1. The molecule has 0 fully saturated rings. The number of benzene rings is 3. The van der Waals surface area contributed by atoms with Crippen molar-refractivity contribution in [1.29, 1.82) is 0 Å². The van der Waals surface area contributed by atoms with Gasteiger partial charge in [0.2, 0.25) is 0 Å². The van der Waals surface area contributed by atoms with Crippen LogP contribution >= 0.6 is 15.9 Å². The van der Waals surface area contributed by atoms with Crippen molar-refractivity contribution in [3.63, 3.8) is 0 Å². The number of nitrogens with one attached hydrogen (secondary N) is 3. The van der Waals surface area contributed by atoms with Crippen LogP contribution in [0.25, 0.3) is 10.9 Å². The van der Waals surface area contributed by atoms with Gasteiger partial charge in [-0.3, -0.25) is 4.79 Å². The van der Waals surface area contributed by atoms with Crippen LogP contribution in [0.2, 0.25) is 0 Å². The first kappa shape index (κ1) is 23.3. The molecule has 8 heteroatoms. The SMILES string of the molecule is O=C(N[C@@H](Cc1c[nH]c2ccccc12)C(=O)N/N=C\c1cccc(Br)c1)OCc1ccccc1. The third-order valence-corrected chi connectivity index (χ3v) is 5.65. The molecular formula is C26H23BrN4O3. The van der Waals surface area contributed by atoms with Crippen LogP contribution in [0, 0.1) is 0 Å². The van der Waals surface area contributed by atoms with Gasteiger partial charge in [0.15, 0.2) is 0 Å². The molecule has 3 N–H and O–H groups in total. The predicted molar refractivity (Wildman–Crippen MR) is 135 cm³/mol. The standard InChI is InChI=1S/C26H23BrN4O3/c27-21-10-6-9-19(13-21)15-29-31-25(32)24(14-20-16-28-23-12-5-4-11-22(20)23)30-26(33)34-17-18-7-2-1-3-8-18/h1-13,15-16,24,28H,14,17H2,(H,30,33)(H,31,32)/b29-15-/t24-/m0/s1. The lowest BCUT2D eigenvalue weighted by molar-refractivity contribution is -0.123. The quantitative estimate of drug-likeness (QED) is 0.228. The summed E-state index contributed by atoms with van der Waals surface area (Å²) in [5.41, 5.74) is 6.05. The average Bonchev–Trinajstić information content (AvgIpc) is 3.26. The Morgan fingerprint density at radius 1 is 1.03 bits per heavy atom. The summed E-state index contributed by atoms with van der Waals surface area (Å²) >= 11 is 3.40. The third-order valence-electron chi connectivity index (χ3n) is 5.16. The van der Waals surface area contributed by atoms with E-state index in [2.05, 4.69) is 36.8 Å². The minimum absolute atomic E-state index is 0.106. The first-order valence-electron chi connectivity index (χ1n) is 10.7. The molecule has 0 saturated carbocycles. The number of amides is 2. The zero-order valence-electron chi connectivity index (χ0n) is 18.2. The Kier molecular flexibility index (Phi) is 7.72. The maximum Gasteiger partial charge on any atom is 0.408 e. The number of hydrogen-bond acceptors (Lipinski definition) is 4. The summed E-state index contributed by atoms with van der Waals surface area (Å²) in [6.07, 6.45) is 2.97. The number of hydrogen-bond donors (Lipinski definition) is 3. The number of rotatable bonds is 8. The summed E-state index contributed by atoms with van der Waals surface area (Å²) in [7, 11) is 0. The number of aromatic nitrogens is 1. The Morgan fingerprint density at radius 3 is 2.65 bits per heavy atom. The monoisotopic (exact) mass is 518 g/mol. The topological polar surface area (TPSA) is 95.6 Å². The zero-order chi connectivity index (χ0) is 23.8. The van der Waals surface area contributed by atoms with E-state index >= 15 is 0 Å². The van der Waals surface area contributed by atoms with Crippen LogP contribution in [0.1, 0.15) is 16.7 Å². The van der Waals surface area contributed by atoms with E-state index in [1.165, 1.54) is 0 Å². The van der Waals surface area contributed by atoms with E-state index in [9.17, 15) is 9.59 Å². The van der Waals surface area contributed by atoms with Crippen molar-refractivity contribution in [1.82, 2.24) is 15.7 Å². The fourth-order valence-electron chi connectivity index (χ4n) is 3.47. The summed E-state index contributed by atoms with van der Waals surface area (Å²) in [5.74, 6) is -0.451. The molecule has 1 aromatic heterocycles. The van der Waals surface area contributed by atoms with Crippen molar-refractivity contribution < 1.29 is 14.3 Å². The number of H-pyrrole nitrogens is 1. The Morgan fingerprint density at radius 2 is 1.82 bits per heavy atom. The second-order valence-electron chi connectivity index (χ2n) is 7.61. The van der Waals surface area contributed by atoms with E-state index in [0.717, 1.165) is 32.1 Å². The lowest BCUT2D eigenvalue weighted by Gasteiger charge is -2.17. The number of fused-ring (bicyclic) bond motifs is 1. The normalized spacial score (nSPS) is 11.9. The molecule has 4 rings (SSSR count). The second-order valence-corrected chi connectivity index (χ2v) is 8.53. The largest absolute Gasteiger partial charge is 0.445 e. The minimum atomic E-state index is -0.887. The van der Waals surface area contributed by atoms with Crippen molar-refractivity contribution >= 4 is 45.0 Å². The molecule has 0 aliphatic rings. The van der Waals surface area contributed by atoms with Crippen LogP contribution in [-0.4, -0.2) is 29.2 Å². The van der Waals surface area contributed by atoms with Gasteiger partial charge in [0.1, 0.15) is 12.6 Å². The number of nitrogens with zero attached hydrogens (tertiary/aromatic N) is 1.